The van der Waals surface area contributed by atoms with Crippen molar-refractivity contribution in [2.24, 2.45) is 40.6 Å². The minimum Gasteiger partial charge on any atom is -0.490 e. The molecule has 5 nitrogen and oxygen atoms in total. The van der Waals surface area contributed by atoms with Crippen LogP contribution in [0.3, 0.4) is 0 Å². The van der Waals surface area contributed by atoms with E-state index in [4.69, 9.17) is 4.74 Å². The molecule has 0 N–H and O–H groups in total. The van der Waals surface area contributed by atoms with Crippen LogP contribution in [0.2, 0.25) is 0 Å². The largest absolute Gasteiger partial charge is 0.490 e. The number of benzene rings is 2. The fourth-order valence-corrected chi connectivity index (χ4v) is 5.94. The third-order valence-electron chi connectivity index (χ3n) is 7.24. The van der Waals surface area contributed by atoms with Gasteiger partial charge in [-0.15, -0.1) is 0 Å². The van der Waals surface area contributed by atoms with Crippen molar-refractivity contribution in [3.8, 4) is 5.75 Å². The van der Waals surface area contributed by atoms with E-state index in [1.54, 1.807) is 6.21 Å². The SMILES string of the molecule is CC(C)Oc1ccc2ccccc2c1/C=N\N1C(=O)[C@@H]2[C@@H]3C=C[C@H]([C@H]4C[C@H]34)[C@@H]2C1=O. The molecule has 152 valence electrons. The van der Waals surface area contributed by atoms with Gasteiger partial charge in [-0.25, -0.2) is 0 Å². The topological polar surface area (TPSA) is 59.0 Å². The maximum absolute atomic E-state index is 13.2. The number of hydrogen-bond donors (Lipinski definition) is 0. The number of hydrazone groups is 1. The van der Waals surface area contributed by atoms with Crippen molar-refractivity contribution >= 4 is 28.8 Å². The quantitative estimate of drug-likeness (QED) is 0.443. The predicted octanol–water partition coefficient (Wildman–Crippen LogP) is 4.01. The molecule has 4 aliphatic carbocycles. The van der Waals surface area contributed by atoms with E-state index in [-0.39, 0.29) is 41.6 Å². The molecule has 7 rings (SSSR count). The average Bonchev–Trinajstić information content (AvgIpc) is 3.52. The van der Waals surface area contributed by atoms with Crippen molar-refractivity contribution in [3.05, 3.63) is 54.1 Å². The van der Waals surface area contributed by atoms with Gasteiger partial charge >= 0.3 is 0 Å². The molecule has 1 heterocycles. The number of carbonyl (C=O) groups is 2. The minimum atomic E-state index is -0.229. The Labute approximate surface area is 175 Å². The van der Waals surface area contributed by atoms with E-state index in [9.17, 15) is 9.59 Å². The number of ether oxygens (including phenoxy) is 1. The summed E-state index contributed by atoms with van der Waals surface area (Å²) in [4.78, 5) is 26.4. The van der Waals surface area contributed by atoms with Crippen molar-refractivity contribution < 1.29 is 14.3 Å². The molecular formula is C25H24N2O3. The minimum absolute atomic E-state index is 0.00431. The van der Waals surface area contributed by atoms with Crippen LogP contribution in [-0.2, 0) is 9.59 Å². The van der Waals surface area contributed by atoms with Crippen LogP contribution in [0.4, 0.5) is 0 Å². The van der Waals surface area contributed by atoms with Gasteiger partial charge in [0, 0.05) is 5.56 Å². The molecule has 5 aliphatic rings. The Morgan fingerprint density at radius 2 is 1.67 bits per heavy atom. The number of fused-ring (bicyclic) bond motifs is 1. The third-order valence-corrected chi connectivity index (χ3v) is 7.24. The average molecular weight is 400 g/mol. The van der Waals surface area contributed by atoms with Gasteiger partial charge in [0.1, 0.15) is 5.75 Å². The van der Waals surface area contributed by atoms with Gasteiger partial charge in [-0.2, -0.15) is 10.1 Å². The lowest BCUT2D eigenvalue weighted by atomic mass is 9.63. The summed E-state index contributed by atoms with van der Waals surface area (Å²) in [5.74, 6) is 1.55. The molecule has 2 aromatic carbocycles. The van der Waals surface area contributed by atoms with Crippen LogP contribution in [-0.4, -0.2) is 29.1 Å². The summed E-state index contributed by atoms with van der Waals surface area (Å²) in [6.07, 6.45) is 7.15. The van der Waals surface area contributed by atoms with E-state index in [1.807, 2.05) is 50.2 Å². The summed E-state index contributed by atoms with van der Waals surface area (Å²) in [5, 5.41) is 7.61. The normalized spacial score (nSPS) is 33.6. The Balaban J connectivity index is 1.38. The number of rotatable bonds is 4. The Morgan fingerprint density at radius 1 is 1.00 bits per heavy atom. The first kappa shape index (κ1) is 17.9. The zero-order valence-corrected chi connectivity index (χ0v) is 17.1. The summed E-state index contributed by atoms with van der Waals surface area (Å²) >= 11 is 0. The number of carbonyl (C=O) groups excluding carboxylic acids is 2. The van der Waals surface area contributed by atoms with Gasteiger partial charge in [0.05, 0.1) is 24.2 Å². The third kappa shape index (κ3) is 2.44. The highest BCUT2D eigenvalue weighted by atomic mass is 16.5. The second-order valence-corrected chi connectivity index (χ2v) is 9.25. The molecule has 2 amide bonds. The maximum atomic E-state index is 13.2. The first-order chi connectivity index (χ1) is 14.5. The molecule has 2 saturated carbocycles. The van der Waals surface area contributed by atoms with Crippen molar-refractivity contribution in [3.63, 3.8) is 0 Å². The molecule has 5 heteroatoms. The molecule has 2 aromatic rings. The highest BCUT2D eigenvalue weighted by Gasteiger charge is 2.67. The summed E-state index contributed by atoms with van der Waals surface area (Å²) in [6, 6.07) is 11.9. The molecule has 0 spiro atoms. The van der Waals surface area contributed by atoms with Gasteiger partial charge in [0.15, 0.2) is 0 Å². The predicted molar refractivity (Wildman–Crippen MR) is 114 cm³/mol. The van der Waals surface area contributed by atoms with Gasteiger partial charge in [-0.1, -0.05) is 42.5 Å². The van der Waals surface area contributed by atoms with Crippen molar-refractivity contribution in [1.29, 1.82) is 0 Å². The fourth-order valence-electron chi connectivity index (χ4n) is 5.94. The van der Waals surface area contributed by atoms with Crippen LogP contribution in [0, 0.1) is 35.5 Å². The van der Waals surface area contributed by atoms with Crippen molar-refractivity contribution in [2.75, 3.05) is 0 Å². The van der Waals surface area contributed by atoms with Gasteiger partial charge in [-0.05, 0) is 60.8 Å². The first-order valence-corrected chi connectivity index (χ1v) is 10.8. The zero-order valence-electron chi connectivity index (χ0n) is 17.1. The van der Waals surface area contributed by atoms with Crippen LogP contribution in [0.1, 0.15) is 25.8 Å². The molecule has 1 saturated heterocycles. The molecule has 6 atom stereocenters. The lowest BCUT2D eigenvalue weighted by Crippen LogP contribution is -2.40. The van der Waals surface area contributed by atoms with Crippen LogP contribution < -0.4 is 4.74 Å². The summed E-state index contributed by atoms with van der Waals surface area (Å²) in [5.41, 5.74) is 0.793. The summed E-state index contributed by atoms with van der Waals surface area (Å²) in [7, 11) is 0. The lowest BCUT2D eigenvalue weighted by molar-refractivity contribution is -0.140. The van der Waals surface area contributed by atoms with Crippen molar-refractivity contribution in [1.82, 2.24) is 5.01 Å². The molecular weight excluding hydrogens is 376 g/mol. The molecule has 1 aliphatic heterocycles. The molecule has 0 radical (unpaired) electrons. The maximum Gasteiger partial charge on any atom is 0.254 e. The fraction of sp³-hybridized carbons (Fsp3) is 0.400. The Kier molecular flexibility index (Phi) is 3.74. The number of nitrogens with zero attached hydrogens (tertiary/aromatic N) is 2. The second-order valence-electron chi connectivity index (χ2n) is 9.25. The molecule has 30 heavy (non-hydrogen) atoms. The summed E-state index contributed by atoms with van der Waals surface area (Å²) < 4.78 is 5.99. The van der Waals surface area contributed by atoms with Crippen LogP contribution in [0.5, 0.6) is 5.75 Å². The first-order valence-electron chi connectivity index (χ1n) is 10.8. The van der Waals surface area contributed by atoms with Crippen LogP contribution in [0.15, 0.2) is 53.7 Å². The van der Waals surface area contributed by atoms with E-state index >= 15 is 0 Å². The molecule has 0 unspecified atom stereocenters. The van der Waals surface area contributed by atoms with E-state index in [0.29, 0.717) is 17.6 Å². The highest BCUT2D eigenvalue weighted by Crippen LogP contribution is 2.65. The smallest absolute Gasteiger partial charge is 0.254 e. The van der Waals surface area contributed by atoms with Gasteiger partial charge in [-0.3, -0.25) is 9.59 Å². The Morgan fingerprint density at radius 3 is 2.33 bits per heavy atom. The number of imide groups is 1. The van der Waals surface area contributed by atoms with E-state index < -0.39 is 0 Å². The molecule has 3 fully saturated rings. The zero-order chi connectivity index (χ0) is 20.6. The monoisotopic (exact) mass is 400 g/mol. The van der Waals surface area contributed by atoms with Gasteiger partial charge in [0.25, 0.3) is 11.8 Å². The number of hydrogen-bond acceptors (Lipinski definition) is 4. The van der Waals surface area contributed by atoms with E-state index in [0.717, 1.165) is 27.8 Å². The highest BCUT2D eigenvalue weighted by molar-refractivity contribution is 6.08. The van der Waals surface area contributed by atoms with Crippen LogP contribution >= 0.6 is 0 Å². The Hall–Kier alpha value is -2.95. The van der Waals surface area contributed by atoms with Gasteiger partial charge < -0.3 is 4.74 Å². The van der Waals surface area contributed by atoms with Crippen LogP contribution in [0.25, 0.3) is 10.8 Å². The molecule has 0 aromatic heterocycles. The second kappa shape index (κ2) is 6.27. The van der Waals surface area contributed by atoms with Gasteiger partial charge in [0.2, 0.25) is 0 Å². The van der Waals surface area contributed by atoms with E-state index in [1.165, 1.54) is 0 Å². The standard InChI is InChI=1S/C25H24N2O3/c1-13(2)30-21-10-7-14-5-3-4-6-15(14)20(21)12-26-27-24(28)22-16-8-9-17(19-11-18(16)19)23(22)25(27)29/h3-10,12-13,16-19,22-23H,11H2,1-2H3/b26-12-/t16-,17-,18-,19-,22-,23+/m1/s1. The van der Waals surface area contributed by atoms with Crippen molar-refractivity contribution in [2.45, 2.75) is 26.4 Å². The molecule has 2 bridgehead atoms. The number of amides is 2. The summed E-state index contributed by atoms with van der Waals surface area (Å²) in [6.45, 7) is 3.95. The lowest BCUT2D eigenvalue weighted by Gasteiger charge is -2.37. The van der Waals surface area contributed by atoms with E-state index in [2.05, 4.69) is 17.3 Å². The number of allylic oxidation sites excluding steroid dienone is 2. The Bertz CT molecular complexity index is 1100.